The largest absolute Gasteiger partial charge is 0.311 e. The second kappa shape index (κ2) is 5.65. The van der Waals surface area contributed by atoms with E-state index in [1.165, 1.54) is 6.92 Å². The van der Waals surface area contributed by atoms with Crippen LogP contribution in [-0.2, 0) is 4.79 Å². The summed E-state index contributed by atoms with van der Waals surface area (Å²) in [7, 11) is 0. The number of aliphatic imine (C=N–C) groups is 1. The van der Waals surface area contributed by atoms with E-state index in [4.69, 9.17) is 0 Å². The molecule has 11 heavy (non-hydrogen) atoms. The molecule has 0 aromatic rings. The number of carbonyl (C=O) groups excluding carboxylic acids is 1. The van der Waals surface area contributed by atoms with Crippen LogP contribution in [0.1, 0.15) is 22.2 Å². The second-order valence-corrected chi connectivity index (χ2v) is 2.04. The lowest BCUT2D eigenvalue weighted by atomic mass is 10.4. The minimum atomic E-state index is -0.0877. The summed E-state index contributed by atoms with van der Waals surface area (Å²) < 4.78 is 0. The average Bonchev–Trinajstić information content (AvgIpc) is 1.87. The number of amidine groups is 1. The van der Waals surface area contributed by atoms with Crippen molar-refractivity contribution in [3.63, 3.8) is 0 Å². The molecule has 0 radical (unpaired) electrons. The fraction of sp³-hybridized carbons (Fsp3) is 0.500. The van der Waals surface area contributed by atoms with Crippen molar-refractivity contribution >= 4 is 11.7 Å². The summed E-state index contributed by atoms with van der Waals surface area (Å²) in [5.41, 5.74) is 0. The second-order valence-electron chi connectivity index (χ2n) is 2.04. The van der Waals surface area contributed by atoms with Gasteiger partial charge in [0.05, 0.1) is 0 Å². The quantitative estimate of drug-likeness (QED) is 0.476. The Balaban J connectivity index is 0. The van der Waals surface area contributed by atoms with Gasteiger partial charge in [0.2, 0.25) is 5.91 Å². The lowest BCUT2D eigenvalue weighted by Gasteiger charge is -1.99. The van der Waals surface area contributed by atoms with Crippen molar-refractivity contribution < 1.29 is 6.22 Å². The Labute approximate surface area is 68.7 Å². The summed E-state index contributed by atoms with van der Waals surface area (Å²) in [4.78, 5) is 14.6. The molecule has 3 heteroatoms. The molecular formula is C8H16N2O. The molecule has 0 aliphatic carbocycles. The van der Waals surface area contributed by atoms with Gasteiger partial charge in [0.25, 0.3) is 0 Å². The molecule has 0 unspecified atom stereocenters. The monoisotopic (exact) mass is 156 g/mol. The lowest BCUT2D eigenvalue weighted by molar-refractivity contribution is -0.117. The Bertz CT molecular complexity index is 187. The maximum atomic E-state index is 10.6. The molecule has 0 aromatic carbocycles. The standard InChI is InChI=1S/C8H14N2O.H2/c1-4-6-8(9-5-2)10-7(3)11;/h4,6H,5H2,1-3H3,(H,9,10,11);1H/b6-4-;. The van der Waals surface area contributed by atoms with E-state index < -0.39 is 0 Å². The van der Waals surface area contributed by atoms with Gasteiger partial charge in [-0.2, -0.15) is 0 Å². The highest BCUT2D eigenvalue weighted by atomic mass is 16.1. The van der Waals surface area contributed by atoms with E-state index in [9.17, 15) is 4.79 Å². The van der Waals surface area contributed by atoms with Gasteiger partial charge in [0.1, 0.15) is 5.84 Å². The molecule has 1 amide bonds. The van der Waals surface area contributed by atoms with Crippen molar-refractivity contribution in [1.29, 1.82) is 0 Å². The Hall–Kier alpha value is -1.12. The Morgan fingerprint density at radius 2 is 2.36 bits per heavy atom. The number of carbonyl (C=O) groups is 1. The fourth-order valence-electron chi connectivity index (χ4n) is 0.642. The van der Waals surface area contributed by atoms with Crippen LogP contribution in [-0.4, -0.2) is 18.3 Å². The maximum absolute atomic E-state index is 10.6. The molecule has 1 N–H and O–H groups in total. The number of hydrogen-bond donors (Lipinski definition) is 1. The van der Waals surface area contributed by atoms with Crippen molar-refractivity contribution in [2.75, 3.05) is 6.54 Å². The maximum Gasteiger partial charge on any atom is 0.222 e. The molecule has 0 aliphatic rings. The van der Waals surface area contributed by atoms with Crippen LogP contribution >= 0.6 is 0 Å². The summed E-state index contributed by atoms with van der Waals surface area (Å²) in [5, 5.41) is 2.61. The van der Waals surface area contributed by atoms with Crippen molar-refractivity contribution in [2.24, 2.45) is 4.99 Å². The predicted octanol–water partition coefficient (Wildman–Crippen LogP) is 1.36. The van der Waals surface area contributed by atoms with Gasteiger partial charge in [-0.05, 0) is 19.9 Å². The van der Waals surface area contributed by atoms with E-state index in [1.807, 2.05) is 19.9 Å². The lowest BCUT2D eigenvalue weighted by Crippen LogP contribution is -2.26. The normalized spacial score (nSPS) is 12.1. The van der Waals surface area contributed by atoms with E-state index >= 15 is 0 Å². The van der Waals surface area contributed by atoms with Crippen LogP contribution in [0.2, 0.25) is 0 Å². The molecule has 0 bridgehead atoms. The van der Waals surface area contributed by atoms with Crippen molar-refractivity contribution in [3.05, 3.63) is 12.2 Å². The van der Waals surface area contributed by atoms with Crippen LogP contribution < -0.4 is 5.32 Å². The molecule has 0 heterocycles. The van der Waals surface area contributed by atoms with Gasteiger partial charge in [-0.25, -0.2) is 0 Å². The van der Waals surface area contributed by atoms with Gasteiger partial charge in [-0.1, -0.05) is 6.08 Å². The average molecular weight is 156 g/mol. The first-order chi connectivity index (χ1) is 5.20. The molecule has 0 rings (SSSR count). The van der Waals surface area contributed by atoms with E-state index in [0.29, 0.717) is 12.4 Å². The van der Waals surface area contributed by atoms with Gasteiger partial charge >= 0.3 is 0 Å². The third kappa shape index (κ3) is 5.33. The van der Waals surface area contributed by atoms with E-state index in [1.54, 1.807) is 6.08 Å². The molecule has 0 aliphatic heterocycles. The third-order valence-electron chi connectivity index (χ3n) is 0.957. The van der Waals surface area contributed by atoms with Gasteiger partial charge < -0.3 is 5.32 Å². The highest BCUT2D eigenvalue weighted by Gasteiger charge is 1.93. The first-order valence-electron chi connectivity index (χ1n) is 3.65. The summed E-state index contributed by atoms with van der Waals surface area (Å²) in [5.74, 6) is 0.540. The van der Waals surface area contributed by atoms with E-state index in [-0.39, 0.29) is 7.33 Å². The SMILES string of the molecule is C/C=C\C(=NCC)NC(C)=O.[HH]. The van der Waals surface area contributed by atoms with Crippen molar-refractivity contribution in [1.82, 2.24) is 5.32 Å². The highest BCUT2D eigenvalue weighted by molar-refractivity contribution is 6.03. The topological polar surface area (TPSA) is 41.5 Å². The van der Waals surface area contributed by atoms with E-state index in [0.717, 1.165) is 0 Å². The first-order valence-corrected chi connectivity index (χ1v) is 3.65. The molecule has 0 saturated carbocycles. The number of nitrogens with one attached hydrogen (secondary N) is 1. The minimum absolute atomic E-state index is 0. The molecule has 0 atom stereocenters. The van der Waals surface area contributed by atoms with Gasteiger partial charge in [-0.3, -0.25) is 9.79 Å². The molecule has 3 nitrogen and oxygen atoms in total. The molecule has 64 valence electrons. The fourth-order valence-corrected chi connectivity index (χ4v) is 0.642. The first kappa shape index (κ1) is 9.88. The number of allylic oxidation sites excluding steroid dienone is 1. The van der Waals surface area contributed by atoms with E-state index in [2.05, 4.69) is 10.3 Å². The van der Waals surface area contributed by atoms with Crippen LogP contribution in [0.3, 0.4) is 0 Å². The molecule has 0 fully saturated rings. The van der Waals surface area contributed by atoms with Crippen molar-refractivity contribution in [3.8, 4) is 0 Å². The number of nitrogens with zero attached hydrogens (tertiary/aromatic N) is 1. The smallest absolute Gasteiger partial charge is 0.222 e. The van der Waals surface area contributed by atoms with Crippen LogP contribution in [0, 0.1) is 0 Å². The zero-order chi connectivity index (χ0) is 8.69. The van der Waals surface area contributed by atoms with Gasteiger partial charge in [0.15, 0.2) is 0 Å². The summed E-state index contributed by atoms with van der Waals surface area (Å²) >= 11 is 0. The minimum Gasteiger partial charge on any atom is -0.311 e. The Morgan fingerprint density at radius 3 is 2.73 bits per heavy atom. The predicted molar refractivity (Wildman–Crippen MR) is 48.7 cm³/mol. The van der Waals surface area contributed by atoms with Crippen LogP contribution in [0.4, 0.5) is 0 Å². The highest BCUT2D eigenvalue weighted by Crippen LogP contribution is 1.79. The van der Waals surface area contributed by atoms with Crippen LogP contribution in [0.5, 0.6) is 0 Å². The van der Waals surface area contributed by atoms with Gasteiger partial charge in [-0.15, -0.1) is 0 Å². The van der Waals surface area contributed by atoms with Crippen LogP contribution in [0.25, 0.3) is 0 Å². The summed E-state index contributed by atoms with van der Waals surface area (Å²) in [6.07, 6.45) is 3.61. The number of rotatable bonds is 2. The van der Waals surface area contributed by atoms with Crippen molar-refractivity contribution in [2.45, 2.75) is 20.8 Å². The molecule has 0 spiro atoms. The third-order valence-corrected chi connectivity index (χ3v) is 0.957. The molecule has 0 saturated heterocycles. The zero-order valence-corrected chi connectivity index (χ0v) is 7.22. The van der Waals surface area contributed by atoms with Gasteiger partial charge in [0, 0.05) is 14.9 Å². The molecule has 0 aromatic heterocycles. The summed E-state index contributed by atoms with van der Waals surface area (Å²) in [6, 6.07) is 0. The van der Waals surface area contributed by atoms with Crippen LogP contribution in [0.15, 0.2) is 17.1 Å². The Morgan fingerprint density at radius 1 is 1.73 bits per heavy atom. The number of hydrogen-bond acceptors (Lipinski definition) is 2. The number of amides is 1. The summed E-state index contributed by atoms with van der Waals surface area (Å²) in [6.45, 7) is 5.95. The zero-order valence-electron chi connectivity index (χ0n) is 7.22. The molecular weight excluding hydrogens is 140 g/mol. The Kier molecular flexibility index (Phi) is 5.07.